The summed E-state index contributed by atoms with van der Waals surface area (Å²) < 4.78 is 3.62. The molecule has 0 spiro atoms. The average Bonchev–Trinajstić information content (AvgIpc) is 2.48. The van der Waals surface area contributed by atoms with Crippen LogP contribution in [0.2, 0.25) is 0 Å². The van der Waals surface area contributed by atoms with Gasteiger partial charge in [0.15, 0.2) is 0 Å². The lowest BCUT2D eigenvalue weighted by atomic mass is 10.1. The Bertz CT molecular complexity index is 747. The monoisotopic (exact) mass is 351 g/mol. The smallest absolute Gasteiger partial charge is 0.305 e. The molecule has 0 fully saturated rings. The van der Waals surface area contributed by atoms with Crippen molar-refractivity contribution in [1.29, 1.82) is 0 Å². The molecule has 1 heterocycles. The second kappa shape index (κ2) is 6.41. The van der Waals surface area contributed by atoms with Gasteiger partial charge in [0, 0.05) is 42.9 Å². The van der Waals surface area contributed by atoms with Gasteiger partial charge in [0.1, 0.15) is 0 Å². The van der Waals surface area contributed by atoms with E-state index in [9.17, 15) is 9.59 Å². The van der Waals surface area contributed by atoms with Crippen LogP contribution in [-0.4, -0.2) is 9.13 Å². The third-order valence-electron chi connectivity index (χ3n) is 3.58. The molecule has 0 radical (unpaired) electrons. The van der Waals surface area contributed by atoms with Crippen molar-refractivity contribution >= 4 is 15.9 Å². The zero-order valence-corrected chi connectivity index (χ0v) is 13.8. The number of rotatable bonds is 4. The van der Waals surface area contributed by atoms with Gasteiger partial charge in [-0.3, -0.25) is 13.9 Å². The molecule has 0 unspecified atom stereocenters. The van der Waals surface area contributed by atoms with Crippen molar-refractivity contribution in [3.63, 3.8) is 0 Å². The average molecular weight is 352 g/mol. The highest BCUT2D eigenvalue weighted by atomic mass is 79.9. The summed E-state index contributed by atoms with van der Waals surface area (Å²) in [5.74, 6) is 0. The summed E-state index contributed by atoms with van der Waals surface area (Å²) in [6.45, 7) is 2.50. The van der Waals surface area contributed by atoms with Crippen LogP contribution in [-0.2, 0) is 20.6 Å². The van der Waals surface area contributed by atoms with Crippen LogP contribution in [0.3, 0.4) is 0 Å². The second-order valence-electron chi connectivity index (χ2n) is 5.03. The quantitative estimate of drug-likeness (QED) is 0.911. The molecular weight excluding hydrogens is 334 g/mol. The van der Waals surface area contributed by atoms with E-state index in [1.54, 1.807) is 7.05 Å². The molecule has 0 saturated heterocycles. The van der Waals surface area contributed by atoms with Crippen LogP contribution in [0.15, 0.2) is 44.4 Å². The van der Waals surface area contributed by atoms with Crippen LogP contribution >= 0.6 is 15.9 Å². The fourth-order valence-corrected chi connectivity index (χ4v) is 2.34. The number of hydrogen-bond donors (Lipinski definition) is 1. The van der Waals surface area contributed by atoms with Gasteiger partial charge in [0.05, 0.1) is 0 Å². The summed E-state index contributed by atoms with van der Waals surface area (Å²) in [5.41, 5.74) is 1.22. The largest absolute Gasteiger partial charge is 0.330 e. The van der Waals surface area contributed by atoms with Crippen LogP contribution in [0.25, 0.3) is 0 Å². The van der Waals surface area contributed by atoms with Crippen molar-refractivity contribution in [1.82, 2.24) is 14.5 Å². The Morgan fingerprint density at radius 3 is 2.38 bits per heavy atom. The highest BCUT2D eigenvalue weighted by molar-refractivity contribution is 9.10. The first-order valence-corrected chi connectivity index (χ1v) is 7.44. The topological polar surface area (TPSA) is 56.0 Å². The van der Waals surface area contributed by atoms with Crippen molar-refractivity contribution in [2.24, 2.45) is 14.1 Å². The SMILES string of the molecule is C[C@@H](NCc1cc(=O)n(C)c(=O)n1C)c1ccc(Br)cc1. The maximum absolute atomic E-state index is 11.9. The molecule has 1 atom stereocenters. The Morgan fingerprint density at radius 2 is 1.76 bits per heavy atom. The van der Waals surface area contributed by atoms with Crippen molar-refractivity contribution in [2.75, 3.05) is 0 Å². The Hall–Kier alpha value is -1.66. The summed E-state index contributed by atoms with van der Waals surface area (Å²) in [7, 11) is 3.15. The molecule has 112 valence electrons. The van der Waals surface area contributed by atoms with Gasteiger partial charge in [0.25, 0.3) is 5.56 Å². The first-order chi connectivity index (χ1) is 9.90. The Morgan fingerprint density at radius 1 is 1.14 bits per heavy atom. The van der Waals surface area contributed by atoms with Gasteiger partial charge in [-0.15, -0.1) is 0 Å². The number of halogens is 1. The normalized spacial score (nSPS) is 12.4. The van der Waals surface area contributed by atoms with Crippen molar-refractivity contribution in [2.45, 2.75) is 19.5 Å². The summed E-state index contributed by atoms with van der Waals surface area (Å²) in [6.07, 6.45) is 0. The molecular formula is C15H18BrN3O2. The van der Waals surface area contributed by atoms with Crippen LogP contribution < -0.4 is 16.6 Å². The minimum atomic E-state index is -0.310. The lowest BCUT2D eigenvalue weighted by Gasteiger charge is -2.16. The number of benzene rings is 1. The van der Waals surface area contributed by atoms with Gasteiger partial charge >= 0.3 is 5.69 Å². The molecule has 0 amide bonds. The number of nitrogens with zero attached hydrogens (tertiary/aromatic N) is 2. The summed E-state index contributed by atoms with van der Waals surface area (Å²) >= 11 is 3.41. The van der Waals surface area contributed by atoms with E-state index in [4.69, 9.17) is 0 Å². The van der Waals surface area contributed by atoms with E-state index in [-0.39, 0.29) is 17.3 Å². The minimum absolute atomic E-state index is 0.122. The molecule has 1 aromatic carbocycles. The number of hydrogen-bond acceptors (Lipinski definition) is 3. The lowest BCUT2D eigenvalue weighted by Crippen LogP contribution is -2.39. The van der Waals surface area contributed by atoms with Gasteiger partial charge in [-0.1, -0.05) is 28.1 Å². The molecule has 2 rings (SSSR count). The molecule has 0 saturated carbocycles. The maximum Gasteiger partial charge on any atom is 0.330 e. The zero-order valence-electron chi connectivity index (χ0n) is 12.3. The molecule has 5 nitrogen and oxygen atoms in total. The minimum Gasteiger partial charge on any atom is -0.305 e. The standard InChI is InChI=1S/C15H18BrN3O2/c1-10(11-4-6-12(16)7-5-11)17-9-13-8-14(20)19(3)15(21)18(13)2/h4-8,10,17H,9H2,1-3H3/t10-/m1/s1. The Kier molecular flexibility index (Phi) is 4.80. The van der Waals surface area contributed by atoms with Crippen molar-refractivity contribution in [3.05, 3.63) is 66.9 Å². The molecule has 0 aliphatic carbocycles. The highest BCUT2D eigenvalue weighted by Crippen LogP contribution is 2.16. The summed E-state index contributed by atoms with van der Waals surface area (Å²) in [6, 6.07) is 9.65. The molecule has 6 heteroatoms. The van der Waals surface area contributed by atoms with Crippen LogP contribution in [0.1, 0.15) is 24.2 Å². The van der Waals surface area contributed by atoms with E-state index >= 15 is 0 Å². The van der Waals surface area contributed by atoms with Crippen molar-refractivity contribution < 1.29 is 0 Å². The molecule has 21 heavy (non-hydrogen) atoms. The Balaban J connectivity index is 2.15. The molecule has 0 bridgehead atoms. The fraction of sp³-hybridized carbons (Fsp3) is 0.333. The van der Waals surface area contributed by atoms with E-state index in [1.165, 1.54) is 17.7 Å². The molecule has 0 aliphatic rings. The molecule has 1 aromatic heterocycles. The van der Waals surface area contributed by atoms with E-state index < -0.39 is 0 Å². The predicted molar refractivity (Wildman–Crippen MR) is 86.3 cm³/mol. The van der Waals surface area contributed by atoms with E-state index in [1.807, 2.05) is 31.2 Å². The van der Waals surface area contributed by atoms with Gasteiger partial charge in [-0.2, -0.15) is 0 Å². The summed E-state index contributed by atoms with van der Waals surface area (Å²) in [5, 5.41) is 3.33. The van der Waals surface area contributed by atoms with Crippen molar-refractivity contribution in [3.8, 4) is 0 Å². The van der Waals surface area contributed by atoms with Crippen LogP contribution in [0, 0.1) is 0 Å². The molecule has 1 N–H and O–H groups in total. The van der Waals surface area contributed by atoms with Gasteiger partial charge in [-0.25, -0.2) is 4.79 Å². The third-order valence-corrected chi connectivity index (χ3v) is 4.11. The van der Waals surface area contributed by atoms with Crippen LogP contribution in [0.5, 0.6) is 0 Å². The Labute approximate surface area is 131 Å². The third kappa shape index (κ3) is 3.51. The van der Waals surface area contributed by atoms with Crippen LogP contribution in [0.4, 0.5) is 0 Å². The van der Waals surface area contributed by atoms with E-state index in [0.717, 1.165) is 14.6 Å². The second-order valence-corrected chi connectivity index (χ2v) is 5.94. The number of aromatic nitrogens is 2. The summed E-state index contributed by atoms with van der Waals surface area (Å²) in [4.78, 5) is 23.5. The van der Waals surface area contributed by atoms with Gasteiger partial charge < -0.3 is 5.32 Å². The first-order valence-electron chi connectivity index (χ1n) is 6.65. The lowest BCUT2D eigenvalue weighted by molar-refractivity contribution is 0.540. The highest BCUT2D eigenvalue weighted by Gasteiger charge is 2.09. The van der Waals surface area contributed by atoms with E-state index in [2.05, 4.69) is 21.2 Å². The van der Waals surface area contributed by atoms with Gasteiger partial charge in [-0.05, 0) is 24.6 Å². The maximum atomic E-state index is 11.9. The van der Waals surface area contributed by atoms with Gasteiger partial charge in [0.2, 0.25) is 0 Å². The zero-order chi connectivity index (χ0) is 15.6. The fourth-order valence-electron chi connectivity index (χ4n) is 2.07. The molecule has 0 aliphatic heterocycles. The first kappa shape index (κ1) is 15.7. The predicted octanol–water partition coefficient (Wildman–Crippen LogP) is 1.70. The van der Waals surface area contributed by atoms with E-state index in [0.29, 0.717) is 12.2 Å². The number of nitrogens with one attached hydrogen (secondary N) is 1. The molecule has 2 aromatic rings.